The molecule has 0 aliphatic carbocycles. The van der Waals surface area contributed by atoms with Gasteiger partial charge in [-0.15, -0.1) is 0 Å². The molecule has 0 fully saturated rings. The lowest BCUT2D eigenvalue weighted by Gasteiger charge is -2.08. The first kappa shape index (κ1) is 16.8. The molecule has 3 N–H and O–H groups in total. The van der Waals surface area contributed by atoms with Crippen molar-refractivity contribution in [2.24, 2.45) is 0 Å². The monoisotopic (exact) mass is 339 g/mol. The summed E-state index contributed by atoms with van der Waals surface area (Å²) in [6, 6.07) is 9.73. The Morgan fingerprint density at radius 2 is 1.84 bits per heavy atom. The minimum absolute atomic E-state index is 0.0616. The predicted octanol–water partition coefficient (Wildman–Crippen LogP) is 1.68. The number of hydrazine groups is 1. The second-order valence-electron chi connectivity index (χ2n) is 6.13. The Morgan fingerprint density at radius 1 is 1.12 bits per heavy atom. The number of aromatic nitrogens is 3. The number of rotatable bonds is 4. The van der Waals surface area contributed by atoms with E-state index in [2.05, 4.69) is 20.9 Å². The Hall–Kier alpha value is -3.09. The van der Waals surface area contributed by atoms with Crippen LogP contribution in [0.25, 0.3) is 10.9 Å². The molecule has 2 heterocycles. The van der Waals surface area contributed by atoms with E-state index >= 15 is 0 Å². The number of aromatic amines is 1. The Kier molecular flexibility index (Phi) is 4.56. The van der Waals surface area contributed by atoms with Gasteiger partial charge in [-0.3, -0.25) is 25.1 Å². The van der Waals surface area contributed by atoms with E-state index in [0.29, 0.717) is 0 Å². The molecule has 1 aromatic carbocycles. The fourth-order valence-electron chi connectivity index (χ4n) is 2.92. The molecule has 0 spiro atoms. The summed E-state index contributed by atoms with van der Waals surface area (Å²) in [7, 11) is 0. The zero-order valence-electron chi connectivity index (χ0n) is 14.5. The minimum Gasteiger partial charge on any atom is -0.358 e. The summed E-state index contributed by atoms with van der Waals surface area (Å²) in [5, 5.41) is 5.24. The smallest absolute Gasteiger partial charge is 0.260 e. The van der Waals surface area contributed by atoms with Gasteiger partial charge in [0.25, 0.3) is 5.91 Å². The lowest BCUT2D eigenvalue weighted by Crippen LogP contribution is -2.44. The number of para-hydroxylation sites is 1. The van der Waals surface area contributed by atoms with Crippen molar-refractivity contribution in [2.75, 3.05) is 0 Å². The molecular formula is C18H21N5O2. The number of carbonyl (C=O) groups excluding carboxylic acids is 2. The summed E-state index contributed by atoms with van der Waals surface area (Å²) in [5.74, 6) is -0.593. The quantitative estimate of drug-likeness (QED) is 0.632. The van der Waals surface area contributed by atoms with Gasteiger partial charge in [-0.1, -0.05) is 18.2 Å². The maximum atomic E-state index is 12.2. The van der Waals surface area contributed by atoms with Crippen molar-refractivity contribution in [3.05, 3.63) is 53.0 Å². The zero-order valence-corrected chi connectivity index (χ0v) is 14.5. The molecule has 0 radical (unpaired) electrons. The molecular weight excluding hydrogens is 318 g/mol. The molecule has 2 amide bonds. The number of benzene rings is 1. The molecule has 0 aliphatic rings. The first-order valence-electron chi connectivity index (χ1n) is 8.09. The normalized spacial score (nSPS) is 10.8. The lowest BCUT2D eigenvalue weighted by atomic mass is 10.1. The molecule has 0 bridgehead atoms. The molecule has 7 nitrogen and oxygen atoms in total. The number of aryl methyl sites for hydroxylation is 3. The Bertz CT molecular complexity index is 938. The van der Waals surface area contributed by atoms with Gasteiger partial charge < -0.3 is 4.98 Å². The number of nitrogens with zero attached hydrogens (tertiary/aromatic N) is 2. The molecule has 130 valence electrons. The van der Waals surface area contributed by atoms with E-state index in [1.165, 1.54) is 0 Å². The highest BCUT2D eigenvalue weighted by molar-refractivity contribution is 5.90. The van der Waals surface area contributed by atoms with Gasteiger partial charge in [0.2, 0.25) is 5.91 Å². The van der Waals surface area contributed by atoms with Crippen LogP contribution in [0.4, 0.5) is 0 Å². The van der Waals surface area contributed by atoms with Crippen molar-refractivity contribution in [2.45, 2.75) is 33.7 Å². The van der Waals surface area contributed by atoms with E-state index in [0.717, 1.165) is 33.5 Å². The third kappa shape index (κ3) is 3.71. The average molecular weight is 339 g/mol. The third-order valence-corrected chi connectivity index (χ3v) is 4.10. The van der Waals surface area contributed by atoms with Crippen molar-refractivity contribution in [3.63, 3.8) is 0 Å². The van der Waals surface area contributed by atoms with Gasteiger partial charge in [0.1, 0.15) is 6.54 Å². The summed E-state index contributed by atoms with van der Waals surface area (Å²) in [5.41, 5.74) is 9.53. The molecule has 0 saturated carbocycles. The lowest BCUT2D eigenvalue weighted by molar-refractivity contribution is -0.129. The zero-order chi connectivity index (χ0) is 18.0. The summed E-state index contributed by atoms with van der Waals surface area (Å²) in [4.78, 5) is 27.4. The number of hydrogen-bond donors (Lipinski definition) is 3. The Labute approximate surface area is 145 Å². The van der Waals surface area contributed by atoms with Crippen LogP contribution in [0.5, 0.6) is 0 Å². The molecule has 0 unspecified atom stereocenters. The van der Waals surface area contributed by atoms with Crippen LogP contribution in [-0.4, -0.2) is 26.6 Å². The number of carbonyl (C=O) groups is 2. The maximum absolute atomic E-state index is 12.2. The molecule has 7 heteroatoms. The van der Waals surface area contributed by atoms with Crippen LogP contribution in [0.3, 0.4) is 0 Å². The Morgan fingerprint density at radius 3 is 2.56 bits per heavy atom. The van der Waals surface area contributed by atoms with Crippen LogP contribution in [0.15, 0.2) is 30.3 Å². The second-order valence-corrected chi connectivity index (χ2v) is 6.13. The highest BCUT2D eigenvalue weighted by Gasteiger charge is 2.13. The molecule has 25 heavy (non-hydrogen) atoms. The van der Waals surface area contributed by atoms with Crippen LogP contribution < -0.4 is 10.9 Å². The van der Waals surface area contributed by atoms with E-state index in [-0.39, 0.29) is 24.8 Å². The van der Waals surface area contributed by atoms with Crippen molar-refractivity contribution < 1.29 is 9.59 Å². The van der Waals surface area contributed by atoms with Gasteiger partial charge in [0.15, 0.2) is 0 Å². The summed E-state index contributed by atoms with van der Waals surface area (Å²) in [6.45, 7) is 5.74. The summed E-state index contributed by atoms with van der Waals surface area (Å²) in [6.07, 6.45) is 0.191. The number of nitrogens with one attached hydrogen (secondary N) is 3. The Balaban J connectivity index is 1.58. The largest absolute Gasteiger partial charge is 0.358 e. The van der Waals surface area contributed by atoms with Gasteiger partial charge in [-0.05, 0) is 38.5 Å². The van der Waals surface area contributed by atoms with Crippen LogP contribution in [0.1, 0.15) is 22.6 Å². The minimum atomic E-state index is -0.324. The standard InChI is InChI=1S/C18H21N5O2/c1-11-8-12(2)23(22-11)10-18(25)21-20-17(24)9-15-13(3)19-16-7-5-4-6-14(15)16/h4-8,19H,9-10H2,1-3H3,(H,20,24)(H,21,25). The first-order valence-corrected chi connectivity index (χ1v) is 8.09. The molecule has 3 rings (SSSR count). The van der Waals surface area contributed by atoms with Gasteiger partial charge >= 0.3 is 0 Å². The topological polar surface area (TPSA) is 91.8 Å². The highest BCUT2D eigenvalue weighted by atomic mass is 16.2. The molecule has 0 saturated heterocycles. The van der Waals surface area contributed by atoms with E-state index < -0.39 is 0 Å². The fraction of sp³-hybridized carbons (Fsp3) is 0.278. The predicted molar refractivity (Wildman–Crippen MR) is 94.7 cm³/mol. The molecule has 0 atom stereocenters. The summed E-state index contributed by atoms with van der Waals surface area (Å²) >= 11 is 0. The fourth-order valence-corrected chi connectivity index (χ4v) is 2.92. The molecule has 0 aliphatic heterocycles. The van der Waals surface area contributed by atoms with Crippen LogP contribution in [0.2, 0.25) is 0 Å². The third-order valence-electron chi connectivity index (χ3n) is 4.10. The van der Waals surface area contributed by atoms with Crippen molar-refractivity contribution in [3.8, 4) is 0 Å². The number of H-pyrrole nitrogens is 1. The van der Waals surface area contributed by atoms with Crippen LogP contribution in [-0.2, 0) is 22.6 Å². The van der Waals surface area contributed by atoms with E-state index in [1.807, 2.05) is 51.1 Å². The second kappa shape index (κ2) is 6.80. The molecule has 3 aromatic rings. The molecule has 2 aromatic heterocycles. The number of hydrogen-bond acceptors (Lipinski definition) is 3. The van der Waals surface area contributed by atoms with E-state index in [4.69, 9.17) is 0 Å². The highest BCUT2D eigenvalue weighted by Crippen LogP contribution is 2.22. The summed E-state index contributed by atoms with van der Waals surface area (Å²) < 4.78 is 1.60. The van der Waals surface area contributed by atoms with Gasteiger partial charge in [0, 0.05) is 22.3 Å². The van der Waals surface area contributed by atoms with Crippen molar-refractivity contribution in [1.29, 1.82) is 0 Å². The van der Waals surface area contributed by atoms with Crippen molar-refractivity contribution in [1.82, 2.24) is 25.6 Å². The van der Waals surface area contributed by atoms with Crippen LogP contribution in [0, 0.1) is 20.8 Å². The van der Waals surface area contributed by atoms with Crippen molar-refractivity contribution >= 4 is 22.7 Å². The average Bonchev–Trinajstić information content (AvgIpc) is 3.04. The van der Waals surface area contributed by atoms with E-state index in [9.17, 15) is 9.59 Å². The maximum Gasteiger partial charge on any atom is 0.260 e. The van der Waals surface area contributed by atoms with Crippen LogP contribution >= 0.6 is 0 Å². The van der Waals surface area contributed by atoms with Gasteiger partial charge in [-0.25, -0.2) is 0 Å². The number of amides is 2. The van der Waals surface area contributed by atoms with Gasteiger partial charge in [-0.2, -0.15) is 5.10 Å². The number of fused-ring (bicyclic) bond motifs is 1. The van der Waals surface area contributed by atoms with E-state index in [1.54, 1.807) is 4.68 Å². The SMILES string of the molecule is Cc1cc(C)n(CC(=O)NNC(=O)Cc2c(C)[nH]c3ccccc23)n1. The first-order chi connectivity index (χ1) is 11.9. The van der Waals surface area contributed by atoms with Gasteiger partial charge in [0.05, 0.1) is 12.1 Å².